The van der Waals surface area contributed by atoms with Gasteiger partial charge in [-0.15, -0.1) is 5.10 Å². The molecule has 1 unspecified atom stereocenters. The summed E-state index contributed by atoms with van der Waals surface area (Å²) in [6.45, 7) is 1.32. The predicted octanol–water partition coefficient (Wildman–Crippen LogP) is 0.456. The quantitative estimate of drug-likeness (QED) is 0.797. The molecule has 0 aromatic carbocycles. The Balaban J connectivity index is 2.53. The largest absolute Gasteiger partial charge is 0.385 e. The summed E-state index contributed by atoms with van der Waals surface area (Å²) in [5, 5.41) is 14.7. The maximum atomic E-state index is 11.9. The summed E-state index contributed by atoms with van der Waals surface area (Å²) in [5.74, 6) is -0.536. The third-order valence-electron chi connectivity index (χ3n) is 1.86. The zero-order chi connectivity index (χ0) is 12.1. The number of carbonyl (C=O) groups excluding carboxylic acids is 1. The van der Waals surface area contributed by atoms with E-state index in [4.69, 9.17) is 5.11 Å². The Labute approximate surface area is 94.6 Å². The van der Waals surface area contributed by atoms with Gasteiger partial charge in [0.15, 0.2) is 0 Å². The second-order valence-electron chi connectivity index (χ2n) is 3.01. The number of nitrogens with zero attached hydrogens (tertiary/aromatic N) is 2. The van der Waals surface area contributed by atoms with Gasteiger partial charge in [0.25, 0.3) is 12.3 Å². The van der Waals surface area contributed by atoms with Crippen LogP contribution in [-0.4, -0.2) is 39.7 Å². The highest BCUT2D eigenvalue weighted by Gasteiger charge is 2.20. The summed E-state index contributed by atoms with van der Waals surface area (Å²) in [4.78, 5) is 11.8. The number of aromatic nitrogens is 2. The lowest BCUT2D eigenvalue weighted by atomic mass is 10.3. The van der Waals surface area contributed by atoms with E-state index in [9.17, 15) is 13.6 Å². The van der Waals surface area contributed by atoms with E-state index in [-0.39, 0.29) is 0 Å². The SMILES string of the molecule is CCc1nnsc1C(=O)NCC(O)C(F)F. The molecule has 0 aliphatic rings. The highest BCUT2D eigenvalue weighted by molar-refractivity contribution is 7.08. The molecule has 0 fully saturated rings. The first-order chi connectivity index (χ1) is 7.56. The zero-order valence-electron chi connectivity index (χ0n) is 8.48. The molecule has 0 saturated carbocycles. The summed E-state index contributed by atoms with van der Waals surface area (Å²) in [5.41, 5.74) is 0.522. The average Bonchev–Trinajstić information content (AvgIpc) is 2.73. The number of halogens is 2. The molecule has 1 heterocycles. The molecule has 1 amide bonds. The number of hydrogen-bond acceptors (Lipinski definition) is 5. The molecule has 0 spiro atoms. The molecule has 1 rings (SSSR count). The van der Waals surface area contributed by atoms with E-state index in [1.807, 2.05) is 6.92 Å². The van der Waals surface area contributed by atoms with Crippen molar-refractivity contribution in [2.24, 2.45) is 0 Å². The molecule has 5 nitrogen and oxygen atoms in total. The molecule has 8 heteroatoms. The van der Waals surface area contributed by atoms with Crippen molar-refractivity contribution in [2.75, 3.05) is 6.54 Å². The molecule has 1 atom stereocenters. The minimum atomic E-state index is -2.87. The van der Waals surface area contributed by atoms with Crippen LogP contribution in [0.2, 0.25) is 0 Å². The second-order valence-corrected chi connectivity index (χ2v) is 3.77. The van der Waals surface area contributed by atoms with Gasteiger partial charge in [0.1, 0.15) is 11.0 Å². The Bertz CT molecular complexity index is 359. The first kappa shape index (κ1) is 12.9. The van der Waals surface area contributed by atoms with E-state index in [1.165, 1.54) is 0 Å². The first-order valence-corrected chi connectivity index (χ1v) is 5.39. The topological polar surface area (TPSA) is 75.1 Å². The van der Waals surface area contributed by atoms with Crippen molar-refractivity contribution < 1.29 is 18.7 Å². The highest BCUT2D eigenvalue weighted by Crippen LogP contribution is 2.10. The van der Waals surface area contributed by atoms with Gasteiger partial charge in [-0.1, -0.05) is 11.4 Å². The summed E-state index contributed by atoms with van der Waals surface area (Å²) >= 11 is 0.900. The third kappa shape index (κ3) is 3.17. The molecule has 0 saturated heterocycles. The number of aliphatic hydroxyl groups is 1. The highest BCUT2D eigenvalue weighted by atomic mass is 32.1. The minimum absolute atomic E-state index is 0.295. The molecule has 0 aliphatic heterocycles. The molecule has 16 heavy (non-hydrogen) atoms. The Kier molecular flexibility index (Phi) is 4.69. The summed E-state index contributed by atoms with van der Waals surface area (Å²) in [7, 11) is 0. The first-order valence-electron chi connectivity index (χ1n) is 4.61. The van der Waals surface area contributed by atoms with Gasteiger partial charge < -0.3 is 10.4 Å². The molecule has 0 radical (unpaired) electrons. The van der Waals surface area contributed by atoms with E-state index in [0.717, 1.165) is 11.5 Å². The average molecular weight is 251 g/mol. The number of nitrogens with one attached hydrogen (secondary N) is 1. The molecule has 90 valence electrons. The van der Waals surface area contributed by atoms with Gasteiger partial charge in [-0.2, -0.15) is 0 Å². The number of hydrogen-bond donors (Lipinski definition) is 2. The Morgan fingerprint density at radius 2 is 2.31 bits per heavy atom. The molecule has 1 aromatic heterocycles. The lowest BCUT2D eigenvalue weighted by molar-refractivity contribution is -0.00268. The van der Waals surface area contributed by atoms with E-state index < -0.39 is 25.0 Å². The van der Waals surface area contributed by atoms with Gasteiger partial charge in [-0.25, -0.2) is 8.78 Å². The van der Waals surface area contributed by atoms with Crippen molar-refractivity contribution in [3.8, 4) is 0 Å². The van der Waals surface area contributed by atoms with Gasteiger partial charge in [0.05, 0.1) is 5.69 Å². The van der Waals surface area contributed by atoms with E-state index in [2.05, 4.69) is 14.9 Å². The molecule has 0 aliphatic carbocycles. The summed E-state index contributed by atoms with van der Waals surface area (Å²) in [6.07, 6.45) is -4.18. The normalized spacial score (nSPS) is 12.8. The van der Waals surface area contributed by atoms with Crippen LogP contribution >= 0.6 is 11.5 Å². The van der Waals surface area contributed by atoms with Crippen molar-refractivity contribution in [3.05, 3.63) is 10.6 Å². The van der Waals surface area contributed by atoms with Crippen LogP contribution in [-0.2, 0) is 6.42 Å². The van der Waals surface area contributed by atoms with Crippen molar-refractivity contribution in [3.63, 3.8) is 0 Å². The predicted molar refractivity (Wildman–Crippen MR) is 53.6 cm³/mol. The Hall–Kier alpha value is -1.15. The van der Waals surface area contributed by atoms with Crippen LogP contribution in [0.15, 0.2) is 0 Å². The fourth-order valence-corrected chi connectivity index (χ4v) is 1.65. The number of rotatable bonds is 5. The van der Waals surface area contributed by atoms with Crippen LogP contribution in [0.1, 0.15) is 22.3 Å². The Morgan fingerprint density at radius 1 is 1.62 bits per heavy atom. The van der Waals surface area contributed by atoms with Crippen LogP contribution in [0.4, 0.5) is 8.78 Å². The summed E-state index contributed by atoms with van der Waals surface area (Å²) in [6, 6.07) is 0. The van der Waals surface area contributed by atoms with Gasteiger partial charge in [-0.3, -0.25) is 4.79 Å². The maximum Gasteiger partial charge on any atom is 0.265 e. The monoisotopic (exact) mass is 251 g/mol. The van der Waals surface area contributed by atoms with Crippen LogP contribution < -0.4 is 5.32 Å². The Morgan fingerprint density at radius 3 is 2.88 bits per heavy atom. The van der Waals surface area contributed by atoms with Gasteiger partial charge >= 0.3 is 0 Å². The minimum Gasteiger partial charge on any atom is -0.385 e. The van der Waals surface area contributed by atoms with Crippen molar-refractivity contribution in [1.82, 2.24) is 14.9 Å². The molecule has 1 aromatic rings. The smallest absolute Gasteiger partial charge is 0.265 e. The van der Waals surface area contributed by atoms with Gasteiger partial charge in [-0.05, 0) is 18.0 Å². The summed E-state index contributed by atoms with van der Waals surface area (Å²) < 4.78 is 27.5. The molecule has 0 bridgehead atoms. The van der Waals surface area contributed by atoms with Gasteiger partial charge in [0.2, 0.25) is 0 Å². The lowest BCUT2D eigenvalue weighted by Crippen LogP contribution is -2.35. The number of carbonyl (C=O) groups is 1. The second kappa shape index (κ2) is 5.80. The standard InChI is InChI=1S/C8H11F2N3O2S/c1-2-4-6(16-13-12-4)8(15)11-3-5(14)7(9)10/h5,7,14H,2-3H2,1H3,(H,11,15). The number of aliphatic hydroxyl groups excluding tert-OH is 1. The molecule has 2 N–H and O–H groups in total. The van der Waals surface area contributed by atoms with Gasteiger partial charge in [0, 0.05) is 6.54 Å². The zero-order valence-corrected chi connectivity index (χ0v) is 9.30. The van der Waals surface area contributed by atoms with Crippen molar-refractivity contribution in [2.45, 2.75) is 25.9 Å². The molecular formula is C8H11F2N3O2S. The van der Waals surface area contributed by atoms with E-state index in [0.29, 0.717) is 17.0 Å². The molecular weight excluding hydrogens is 240 g/mol. The van der Waals surface area contributed by atoms with Crippen LogP contribution in [0.3, 0.4) is 0 Å². The van der Waals surface area contributed by atoms with Crippen LogP contribution in [0, 0.1) is 0 Å². The third-order valence-corrected chi connectivity index (χ3v) is 2.63. The van der Waals surface area contributed by atoms with E-state index >= 15 is 0 Å². The number of amides is 1. The number of alkyl halides is 2. The maximum absolute atomic E-state index is 11.9. The fourth-order valence-electron chi connectivity index (χ4n) is 0.979. The van der Waals surface area contributed by atoms with Crippen molar-refractivity contribution >= 4 is 17.4 Å². The van der Waals surface area contributed by atoms with Crippen molar-refractivity contribution in [1.29, 1.82) is 0 Å². The van der Waals surface area contributed by atoms with Crippen LogP contribution in [0.25, 0.3) is 0 Å². The van der Waals surface area contributed by atoms with E-state index in [1.54, 1.807) is 0 Å². The lowest BCUT2D eigenvalue weighted by Gasteiger charge is -2.09. The van der Waals surface area contributed by atoms with Crippen LogP contribution in [0.5, 0.6) is 0 Å². The number of aryl methyl sites for hydroxylation is 1. The fraction of sp³-hybridized carbons (Fsp3) is 0.625.